The molecule has 1 saturated heterocycles. The lowest BCUT2D eigenvalue weighted by atomic mass is 10.1. The van der Waals surface area contributed by atoms with Crippen LogP contribution in [0.3, 0.4) is 0 Å². The van der Waals surface area contributed by atoms with Crippen molar-refractivity contribution in [3.05, 3.63) is 30.0 Å². The molecule has 0 radical (unpaired) electrons. The second-order valence-electron chi connectivity index (χ2n) is 5.19. The molecule has 2 fully saturated rings. The summed E-state index contributed by atoms with van der Waals surface area (Å²) in [7, 11) is 0. The molecule has 2 heterocycles. The second-order valence-corrected chi connectivity index (χ2v) is 5.19. The van der Waals surface area contributed by atoms with E-state index in [0.29, 0.717) is 18.8 Å². The van der Waals surface area contributed by atoms with Crippen molar-refractivity contribution < 1.29 is 14.6 Å². The summed E-state index contributed by atoms with van der Waals surface area (Å²) in [5.74, 6) is -0.0780. The second kappa shape index (κ2) is 5.63. The summed E-state index contributed by atoms with van der Waals surface area (Å²) in [6, 6.07) is 4.11. The predicted octanol–water partition coefficient (Wildman–Crippen LogP) is 1.94. The molecule has 5 heteroatoms. The molecule has 1 saturated carbocycles. The number of morpholine rings is 1. The molecular formula is C15H18N2O3. The molecule has 0 bridgehead atoms. The standard InChI is InChI=1S/C15H18N2O3/c18-14(19)7-6-11-3-2-8-16-15(11)17-9-10-20-13-5-1-4-12(13)17/h2-3,6-8,12-13H,1,4-5,9-10H2,(H,18,19)/b7-6+. The van der Waals surface area contributed by atoms with Crippen LogP contribution in [0.1, 0.15) is 24.8 Å². The SMILES string of the molecule is O=C(O)/C=C/c1cccnc1N1CCOC2CCCC21. The zero-order valence-electron chi connectivity index (χ0n) is 11.2. The van der Waals surface area contributed by atoms with E-state index in [1.54, 1.807) is 12.3 Å². The highest BCUT2D eigenvalue weighted by atomic mass is 16.5. The fourth-order valence-electron chi connectivity index (χ4n) is 3.13. The summed E-state index contributed by atoms with van der Waals surface area (Å²) in [5.41, 5.74) is 0.849. The number of pyridine rings is 1. The molecule has 1 aliphatic carbocycles. The Morgan fingerprint density at radius 2 is 2.40 bits per heavy atom. The molecule has 0 aromatic carbocycles. The molecule has 2 unspecified atom stereocenters. The van der Waals surface area contributed by atoms with E-state index >= 15 is 0 Å². The molecule has 106 valence electrons. The Morgan fingerprint density at radius 1 is 1.50 bits per heavy atom. The van der Waals surface area contributed by atoms with Gasteiger partial charge in [-0.3, -0.25) is 0 Å². The normalized spacial score (nSPS) is 25.9. The Morgan fingerprint density at radius 3 is 3.25 bits per heavy atom. The van der Waals surface area contributed by atoms with Gasteiger partial charge in [-0.05, 0) is 37.5 Å². The average molecular weight is 274 g/mol. The molecule has 3 rings (SSSR count). The first-order valence-electron chi connectivity index (χ1n) is 7.00. The van der Waals surface area contributed by atoms with Gasteiger partial charge in [-0.25, -0.2) is 9.78 Å². The van der Waals surface area contributed by atoms with Crippen molar-refractivity contribution >= 4 is 17.9 Å². The van der Waals surface area contributed by atoms with Crippen LogP contribution in [0.5, 0.6) is 0 Å². The maximum absolute atomic E-state index is 10.7. The van der Waals surface area contributed by atoms with E-state index in [1.165, 1.54) is 6.42 Å². The monoisotopic (exact) mass is 274 g/mol. The number of nitrogens with zero attached hydrogens (tertiary/aromatic N) is 2. The van der Waals surface area contributed by atoms with E-state index in [0.717, 1.165) is 36.8 Å². The van der Waals surface area contributed by atoms with Crippen LogP contribution in [-0.4, -0.2) is 41.4 Å². The highest BCUT2D eigenvalue weighted by molar-refractivity contribution is 5.86. The molecule has 0 spiro atoms. The van der Waals surface area contributed by atoms with Crippen LogP contribution in [0.4, 0.5) is 5.82 Å². The molecule has 2 aliphatic rings. The van der Waals surface area contributed by atoms with Crippen molar-refractivity contribution in [1.82, 2.24) is 4.98 Å². The highest BCUT2D eigenvalue weighted by Gasteiger charge is 2.37. The van der Waals surface area contributed by atoms with Crippen LogP contribution in [0.15, 0.2) is 24.4 Å². The van der Waals surface area contributed by atoms with Gasteiger partial charge < -0.3 is 14.7 Å². The highest BCUT2D eigenvalue weighted by Crippen LogP contribution is 2.33. The van der Waals surface area contributed by atoms with Crippen LogP contribution in [0.2, 0.25) is 0 Å². The largest absolute Gasteiger partial charge is 0.478 e. The average Bonchev–Trinajstić information content (AvgIpc) is 2.93. The number of hydrogen-bond donors (Lipinski definition) is 1. The number of carbonyl (C=O) groups is 1. The minimum absolute atomic E-state index is 0.294. The molecule has 1 aromatic rings. The number of aliphatic carboxylic acids is 1. The summed E-state index contributed by atoms with van der Waals surface area (Å²) >= 11 is 0. The maximum Gasteiger partial charge on any atom is 0.328 e. The number of hydrogen-bond acceptors (Lipinski definition) is 4. The van der Waals surface area contributed by atoms with Crippen molar-refractivity contribution in [2.45, 2.75) is 31.4 Å². The first-order chi connectivity index (χ1) is 9.75. The number of aromatic nitrogens is 1. The lowest BCUT2D eigenvalue weighted by molar-refractivity contribution is -0.131. The summed E-state index contributed by atoms with van der Waals surface area (Å²) in [6.07, 6.45) is 8.22. The van der Waals surface area contributed by atoms with Crippen molar-refractivity contribution in [3.8, 4) is 0 Å². The first-order valence-corrected chi connectivity index (χ1v) is 7.00. The van der Waals surface area contributed by atoms with Crippen LogP contribution < -0.4 is 4.90 Å². The fraction of sp³-hybridized carbons (Fsp3) is 0.467. The molecule has 1 aromatic heterocycles. The van der Waals surface area contributed by atoms with Gasteiger partial charge in [-0.15, -0.1) is 0 Å². The smallest absolute Gasteiger partial charge is 0.328 e. The number of rotatable bonds is 3. The zero-order chi connectivity index (χ0) is 13.9. The third-order valence-corrected chi connectivity index (χ3v) is 3.98. The third-order valence-electron chi connectivity index (χ3n) is 3.98. The van der Waals surface area contributed by atoms with Gasteiger partial charge in [0.15, 0.2) is 0 Å². The quantitative estimate of drug-likeness (QED) is 0.853. The van der Waals surface area contributed by atoms with Crippen molar-refractivity contribution in [2.24, 2.45) is 0 Å². The van der Waals surface area contributed by atoms with Gasteiger partial charge in [0, 0.05) is 24.4 Å². The lowest BCUT2D eigenvalue weighted by Gasteiger charge is -2.39. The van der Waals surface area contributed by atoms with Crippen LogP contribution in [0.25, 0.3) is 6.08 Å². The summed E-state index contributed by atoms with van der Waals surface area (Å²) in [6.45, 7) is 1.52. The predicted molar refractivity (Wildman–Crippen MR) is 75.6 cm³/mol. The van der Waals surface area contributed by atoms with Gasteiger partial charge in [0.1, 0.15) is 5.82 Å². The Balaban J connectivity index is 1.91. The lowest BCUT2D eigenvalue weighted by Crippen LogP contribution is -2.49. The summed E-state index contributed by atoms with van der Waals surface area (Å²) in [5, 5.41) is 8.79. The van der Waals surface area contributed by atoms with Crippen LogP contribution in [-0.2, 0) is 9.53 Å². The van der Waals surface area contributed by atoms with E-state index in [4.69, 9.17) is 9.84 Å². The minimum atomic E-state index is -0.944. The van der Waals surface area contributed by atoms with Crippen molar-refractivity contribution in [3.63, 3.8) is 0 Å². The van der Waals surface area contributed by atoms with Gasteiger partial charge in [0.25, 0.3) is 0 Å². The Kier molecular flexibility index (Phi) is 3.69. The zero-order valence-corrected chi connectivity index (χ0v) is 11.2. The number of ether oxygens (including phenoxy) is 1. The van der Waals surface area contributed by atoms with Crippen LogP contribution >= 0.6 is 0 Å². The van der Waals surface area contributed by atoms with E-state index in [2.05, 4.69) is 9.88 Å². The van der Waals surface area contributed by atoms with E-state index in [9.17, 15) is 4.79 Å². The van der Waals surface area contributed by atoms with Gasteiger partial charge >= 0.3 is 5.97 Å². The van der Waals surface area contributed by atoms with Crippen molar-refractivity contribution in [2.75, 3.05) is 18.1 Å². The fourth-order valence-corrected chi connectivity index (χ4v) is 3.13. The number of carboxylic acid groups (broad SMARTS) is 1. The van der Waals surface area contributed by atoms with Crippen molar-refractivity contribution in [1.29, 1.82) is 0 Å². The Labute approximate surface area is 117 Å². The summed E-state index contributed by atoms with van der Waals surface area (Å²) in [4.78, 5) is 17.4. The Bertz CT molecular complexity index is 530. The molecule has 0 amide bonds. The van der Waals surface area contributed by atoms with Crippen LogP contribution in [0, 0.1) is 0 Å². The van der Waals surface area contributed by atoms with Gasteiger partial charge in [0.05, 0.1) is 18.8 Å². The minimum Gasteiger partial charge on any atom is -0.478 e. The molecular weight excluding hydrogens is 256 g/mol. The number of fused-ring (bicyclic) bond motifs is 1. The molecule has 1 aliphatic heterocycles. The first kappa shape index (κ1) is 13.1. The third kappa shape index (κ3) is 2.54. The molecule has 2 atom stereocenters. The van der Waals surface area contributed by atoms with E-state index in [1.807, 2.05) is 12.1 Å². The van der Waals surface area contributed by atoms with Gasteiger partial charge in [-0.1, -0.05) is 0 Å². The maximum atomic E-state index is 10.7. The van der Waals surface area contributed by atoms with E-state index in [-0.39, 0.29) is 0 Å². The Hall–Kier alpha value is -1.88. The molecule has 5 nitrogen and oxygen atoms in total. The van der Waals surface area contributed by atoms with E-state index < -0.39 is 5.97 Å². The van der Waals surface area contributed by atoms with Gasteiger partial charge in [0.2, 0.25) is 0 Å². The molecule has 20 heavy (non-hydrogen) atoms. The summed E-state index contributed by atoms with van der Waals surface area (Å²) < 4.78 is 5.81. The van der Waals surface area contributed by atoms with Gasteiger partial charge in [-0.2, -0.15) is 0 Å². The molecule has 1 N–H and O–H groups in total. The topological polar surface area (TPSA) is 62.7 Å². The number of anilines is 1. The number of carboxylic acids is 1.